The fourth-order valence-corrected chi connectivity index (χ4v) is 4.12. The number of aromatic nitrogens is 2. The fourth-order valence-electron chi connectivity index (χ4n) is 3.95. The van der Waals surface area contributed by atoms with Crippen molar-refractivity contribution in [2.24, 2.45) is 0 Å². The molecule has 1 saturated carbocycles. The summed E-state index contributed by atoms with van der Waals surface area (Å²) < 4.78 is 15.8. The molecule has 0 aliphatic heterocycles. The molecule has 3 aromatic rings. The Hall–Kier alpha value is -2.66. The van der Waals surface area contributed by atoms with Gasteiger partial charge in [-0.2, -0.15) is 0 Å². The molecule has 0 saturated heterocycles. The third-order valence-electron chi connectivity index (χ3n) is 5.63. The second-order valence-corrected chi connectivity index (χ2v) is 7.99. The average Bonchev–Trinajstić information content (AvgIpc) is 3.25. The largest absolute Gasteiger partial charge is 0.329 e. The van der Waals surface area contributed by atoms with Gasteiger partial charge in [0.05, 0.1) is 5.69 Å². The van der Waals surface area contributed by atoms with Gasteiger partial charge in [0.25, 0.3) is 0 Å². The predicted molar refractivity (Wildman–Crippen MR) is 113 cm³/mol. The fraction of sp³-hybridized carbons (Fsp3) is 0.304. The summed E-state index contributed by atoms with van der Waals surface area (Å²) in [6.07, 6.45) is 8.97. The highest BCUT2D eigenvalue weighted by molar-refractivity contribution is 6.30. The topological polar surface area (TPSA) is 38.1 Å². The van der Waals surface area contributed by atoms with E-state index in [1.807, 2.05) is 36.2 Å². The van der Waals surface area contributed by atoms with Gasteiger partial charge in [-0.05, 0) is 42.7 Å². The van der Waals surface area contributed by atoms with E-state index in [4.69, 9.17) is 11.6 Å². The number of nitrogens with zero attached hydrogens (tertiary/aromatic N) is 3. The normalized spacial score (nSPS) is 14.7. The Morgan fingerprint density at radius 2 is 1.90 bits per heavy atom. The van der Waals surface area contributed by atoms with Gasteiger partial charge in [0.1, 0.15) is 12.1 Å². The van der Waals surface area contributed by atoms with E-state index in [2.05, 4.69) is 4.98 Å². The lowest BCUT2D eigenvalue weighted by Crippen LogP contribution is -2.40. The van der Waals surface area contributed by atoms with E-state index in [1.165, 1.54) is 36.0 Å². The Balaban J connectivity index is 1.58. The summed E-state index contributed by atoms with van der Waals surface area (Å²) in [4.78, 5) is 19.1. The quantitative estimate of drug-likeness (QED) is 0.511. The van der Waals surface area contributed by atoms with Crippen LogP contribution in [0.3, 0.4) is 0 Å². The van der Waals surface area contributed by atoms with Crippen LogP contribution in [0.4, 0.5) is 9.18 Å². The van der Waals surface area contributed by atoms with Crippen molar-refractivity contribution in [3.05, 3.63) is 65.8 Å². The van der Waals surface area contributed by atoms with Gasteiger partial charge in [0.2, 0.25) is 0 Å². The van der Waals surface area contributed by atoms with Crippen molar-refractivity contribution in [1.82, 2.24) is 14.5 Å². The van der Waals surface area contributed by atoms with Crippen LogP contribution < -0.4 is 0 Å². The minimum atomic E-state index is -0.332. The molecule has 0 bridgehead atoms. The molecule has 1 aromatic heterocycles. The van der Waals surface area contributed by atoms with Gasteiger partial charge in [-0.15, -0.1) is 0 Å². The summed E-state index contributed by atoms with van der Waals surface area (Å²) in [6, 6.07) is 12.1. The molecular formula is C23H23ClFN3O. The van der Waals surface area contributed by atoms with Crippen molar-refractivity contribution in [3.63, 3.8) is 0 Å². The van der Waals surface area contributed by atoms with Gasteiger partial charge in [-0.3, -0.25) is 4.57 Å². The molecule has 2 aromatic carbocycles. The Morgan fingerprint density at radius 1 is 1.14 bits per heavy atom. The Bertz CT molecular complexity index is 1030. The SMILES string of the molecule is CN(C(=O)n1cnc(-c2cccc(-c3cc(Cl)ccc3F)c2)c1)C1CCCCC1. The van der Waals surface area contributed by atoms with Crippen molar-refractivity contribution in [1.29, 1.82) is 0 Å². The number of amides is 1. The maximum absolute atomic E-state index is 14.2. The van der Waals surface area contributed by atoms with Crippen molar-refractivity contribution in [2.45, 2.75) is 38.1 Å². The number of imidazole rings is 1. The zero-order valence-corrected chi connectivity index (χ0v) is 17.1. The van der Waals surface area contributed by atoms with Crippen molar-refractivity contribution < 1.29 is 9.18 Å². The van der Waals surface area contributed by atoms with Crippen molar-refractivity contribution in [2.75, 3.05) is 7.05 Å². The van der Waals surface area contributed by atoms with E-state index in [0.29, 0.717) is 21.8 Å². The number of carbonyl (C=O) groups excluding carboxylic acids is 1. The average molecular weight is 412 g/mol. The van der Waals surface area contributed by atoms with E-state index in [9.17, 15) is 9.18 Å². The molecule has 6 heteroatoms. The lowest BCUT2D eigenvalue weighted by atomic mass is 9.95. The maximum Gasteiger partial charge on any atom is 0.329 e. The van der Waals surface area contributed by atoms with E-state index in [-0.39, 0.29) is 17.9 Å². The molecule has 0 radical (unpaired) electrons. The van der Waals surface area contributed by atoms with Crippen molar-refractivity contribution >= 4 is 17.6 Å². The van der Waals surface area contributed by atoms with Gasteiger partial charge in [-0.1, -0.05) is 49.1 Å². The minimum absolute atomic E-state index is 0.0762. The molecule has 1 aliphatic carbocycles. The number of carbonyl (C=O) groups is 1. The highest BCUT2D eigenvalue weighted by Crippen LogP contribution is 2.29. The van der Waals surface area contributed by atoms with Gasteiger partial charge in [0.15, 0.2) is 0 Å². The van der Waals surface area contributed by atoms with Crippen LogP contribution in [0.2, 0.25) is 5.02 Å². The lowest BCUT2D eigenvalue weighted by Gasteiger charge is -2.31. The molecule has 0 N–H and O–H groups in total. The number of benzene rings is 2. The zero-order chi connectivity index (χ0) is 20.4. The first kappa shape index (κ1) is 19.6. The predicted octanol–water partition coefficient (Wildman–Crippen LogP) is 6.24. The molecular weight excluding hydrogens is 389 g/mol. The molecule has 0 atom stereocenters. The van der Waals surface area contributed by atoms with Gasteiger partial charge in [0, 0.05) is 35.4 Å². The molecule has 1 heterocycles. The highest BCUT2D eigenvalue weighted by Gasteiger charge is 2.23. The minimum Gasteiger partial charge on any atom is -0.324 e. The summed E-state index contributed by atoms with van der Waals surface area (Å²) in [5.74, 6) is -0.332. The number of rotatable bonds is 3. The molecule has 29 heavy (non-hydrogen) atoms. The van der Waals surface area contributed by atoms with E-state index in [1.54, 1.807) is 18.6 Å². The lowest BCUT2D eigenvalue weighted by molar-refractivity contribution is 0.175. The molecule has 1 aliphatic rings. The Kier molecular flexibility index (Phi) is 5.67. The second kappa shape index (κ2) is 8.37. The number of hydrogen-bond donors (Lipinski definition) is 0. The molecule has 150 valence electrons. The molecule has 4 rings (SSSR count). The van der Waals surface area contributed by atoms with Crippen LogP contribution in [0.15, 0.2) is 55.0 Å². The third-order valence-corrected chi connectivity index (χ3v) is 5.86. The van der Waals surface area contributed by atoms with Gasteiger partial charge < -0.3 is 4.90 Å². The van der Waals surface area contributed by atoms with Crippen LogP contribution in [0.25, 0.3) is 22.4 Å². The van der Waals surface area contributed by atoms with E-state index < -0.39 is 0 Å². The van der Waals surface area contributed by atoms with Crippen LogP contribution in [-0.2, 0) is 0 Å². The molecule has 1 amide bonds. The summed E-state index contributed by atoms with van der Waals surface area (Å²) in [7, 11) is 1.86. The van der Waals surface area contributed by atoms with Crippen LogP contribution in [0, 0.1) is 5.82 Å². The summed E-state index contributed by atoms with van der Waals surface area (Å²) in [5.41, 5.74) is 2.63. The molecule has 4 nitrogen and oxygen atoms in total. The van der Waals surface area contributed by atoms with Crippen LogP contribution in [0.5, 0.6) is 0 Å². The van der Waals surface area contributed by atoms with Crippen LogP contribution >= 0.6 is 11.6 Å². The van der Waals surface area contributed by atoms with E-state index in [0.717, 1.165) is 18.4 Å². The monoisotopic (exact) mass is 411 g/mol. The van der Waals surface area contributed by atoms with Gasteiger partial charge in [-0.25, -0.2) is 14.2 Å². The first-order chi connectivity index (χ1) is 14.0. The number of hydrogen-bond acceptors (Lipinski definition) is 2. The van der Waals surface area contributed by atoms with Gasteiger partial charge >= 0.3 is 6.03 Å². The van der Waals surface area contributed by atoms with Crippen molar-refractivity contribution in [3.8, 4) is 22.4 Å². The first-order valence-electron chi connectivity index (χ1n) is 9.90. The summed E-state index contributed by atoms with van der Waals surface area (Å²) >= 11 is 6.03. The van der Waals surface area contributed by atoms with E-state index >= 15 is 0 Å². The third kappa shape index (κ3) is 4.20. The molecule has 1 fully saturated rings. The highest BCUT2D eigenvalue weighted by atomic mass is 35.5. The summed E-state index contributed by atoms with van der Waals surface area (Å²) in [5, 5.41) is 0.479. The first-order valence-corrected chi connectivity index (χ1v) is 10.3. The van der Waals surface area contributed by atoms with Crippen LogP contribution in [0.1, 0.15) is 32.1 Å². The van der Waals surface area contributed by atoms with Crippen LogP contribution in [-0.4, -0.2) is 33.6 Å². The Labute approximate surface area is 174 Å². The molecule has 0 unspecified atom stereocenters. The smallest absolute Gasteiger partial charge is 0.324 e. The zero-order valence-electron chi connectivity index (χ0n) is 16.3. The number of halogens is 2. The Morgan fingerprint density at radius 3 is 2.69 bits per heavy atom. The maximum atomic E-state index is 14.2. The standard InChI is InChI=1S/C23H23ClFN3O/c1-27(19-8-3-2-4-9-19)23(29)28-14-22(26-15-28)17-7-5-6-16(12-17)20-13-18(24)10-11-21(20)25/h5-7,10-15,19H,2-4,8-9H2,1H3. The second-order valence-electron chi connectivity index (χ2n) is 7.56. The summed E-state index contributed by atoms with van der Waals surface area (Å²) in [6.45, 7) is 0. The molecule has 0 spiro atoms.